The molecule has 3 N–H and O–H groups in total. The molecule has 0 saturated heterocycles. The first-order valence-corrected chi connectivity index (χ1v) is 8.14. The number of carboxylic acids is 1. The minimum atomic E-state index is -1.07. The smallest absolute Gasteiger partial charge is 0.324 e. The van der Waals surface area contributed by atoms with E-state index >= 15 is 0 Å². The number of rotatable bonds is 4. The van der Waals surface area contributed by atoms with Crippen LogP contribution in [0.1, 0.15) is 39.0 Å². The monoisotopic (exact) mass is 269 g/mol. The number of carboxylic acid groups (broad SMARTS) is 1. The molecule has 4 aliphatic rings. The molecule has 4 fully saturated rings. The maximum atomic E-state index is 11.1. The van der Waals surface area contributed by atoms with Crippen molar-refractivity contribution in [1.82, 2.24) is 0 Å². The van der Waals surface area contributed by atoms with Crippen LogP contribution in [0.25, 0.3) is 0 Å². The maximum Gasteiger partial charge on any atom is 0.324 e. The van der Waals surface area contributed by atoms with E-state index in [0.717, 1.165) is 23.7 Å². The topological polar surface area (TPSA) is 63.3 Å². The van der Waals surface area contributed by atoms with Crippen molar-refractivity contribution in [3.8, 4) is 0 Å². The highest BCUT2D eigenvalue weighted by atomic mass is 32.2. The van der Waals surface area contributed by atoms with Crippen molar-refractivity contribution in [2.75, 3.05) is 5.75 Å². The highest BCUT2D eigenvalue weighted by molar-refractivity contribution is 8.00. The lowest BCUT2D eigenvalue weighted by molar-refractivity contribution is -0.141. The number of aliphatic carboxylic acids is 1. The zero-order valence-electron chi connectivity index (χ0n) is 11.0. The molecule has 4 saturated carbocycles. The van der Waals surface area contributed by atoms with E-state index < -0.39 is 11.5 Å². The van der Waals surface area contributed by atoms with Crippen molar-refractivity contribution < 1.29 is 9.90 Å². The molecular formula is C14H23NO2S. The summed E-state index contributed by atoms with van der Waals surface area (Å²) in [7, 11) is 0. The van der Waals surface area contributed by atoms with Gasteiger partial charge in [0.15, 0.2) is 0 Å². The van der Waals surface area contributed by atoms with Gasteiger partial charge in [-0.15, -0.1) is 0 Å². The van der Waals surface area contributed by atoms with Crippen LogP contribution in [0, 0.1) is 23.7 Å². The summed E-state index contributed by atoms with van der Waals surface area (Å²) in [6.45, 7) is 1.64. The van der Waals surface area contributed by atoms with E-state index in [2.05, 4.69) is 0 Å². The Hall–Kier alpha value is -0.220. The molecule has 0 aromatic heterocycles. The fraction of sp³-hybridized carbons (Fsp3) is 0.929. The molecule has 1 atom stereocenters. The predicted molar refractivity (Wildman–Crippen MR) is 73.5 cm³/mol. The highest BCUT2D eigenvalue weighted by Gasteiger charge is 2.48. The molecule has 4 bridgehead atoms. The van der Waals surface area contributed by atoms with E-state index in [-0.39, 0.29) is 0 Å². The van der Waals surface area contributed by atoms with Crippen LogP contribution in [-0.4, -0.2) is 27.6 Å². The van der Waals surface area contributed by atoms with Gasteiger partial charge in [-0.25, -0.2) is 0 Å². The second-order valence-corrected chi connectivity index (χ2v) is 8.10. The maximum absolute atomic E-state index is 11.1. The molecular weight excluding hydrogens is 246 g/mol. The van der Waals surface area contributed by atoms with Crippen molar-refractivity contribution >= 4 is 17.7 Å². The molecule has 102 valence electrons. The zero-order chi connectivity index (χ0) is 12.9. The minimum absolute atomic E-state index is 0.551. The molecule has 18 heavy (non-hydrogen) atoms. The molecule has 0 heterocycles. The lowest BCUT2D eigenvalue weighted by Crippen LogP contribution is -2.50. The van der Waals surface area contributed by atoms with Crippen LogP contribution in [0.15, 0.2) is 0 Å². The molecule has 1 unspecified atom stereocenters. The van der Waals surface area contributed by atoms with Gasteiger partial charge in [0, 0.05) is 11.0 Å². The van der Waals surface area contributed by atoms with E-state index in [1.807, 2.05) is 11.8 Å². The summed E-state index contributed by atoms with van der Waals surface area (Å²) in [5.74, 6) is 3.32. The van der Waals surface area contributed by atoms with Crippen LogP contribution in [0.5, 0.6) is 0 Å². The predicted octanol–water partition coefficient (Wildman–Crippen LogP) is 2.35. The number of carbonyl (C=O) groups is 1. The third-order valence-corrected chi connectivity index (χ3v) is 7.13. The van der Waals surface area contributed by atoms with Crippen LogP contribution >= 0.6 is 11.8 Å². The average molecular weight is 269 g/mol. The second kappa shape index (κ2) is 4.41. The first kappa shape index (κ1) is 12.8. The van der Waals surface area contributed by atoms with E-state index in [1.165, 1.54) is 32.1 Å². The third kappa shape index (κ3) is 2.18. The van der Waals surface area contributed by atoms with E-state index in [9.17, 15) is 4.79 Å². The summed E-state index contributed by atoms with van der Waals surface area (Å²) < 4.78 is 0. The fourth-order valence-corrected chi connectivity index (χ4v) is 6.13. The van der Waals surface area contributed by atoms with Crippen molar-refractivity contribution in [1.29, 1.82) is 0 Å². The standard InChI is InChI=1S/C14H23NO2S/c1-14(15,13(16)17)7-18-12-10-3-8-2-9(5-10)6-11(12)4-8/h8-12H,2-7,15H2,1H3,(H,16,17). The average Bonchev–Trinajstić information content (AvgIpc) is 2.26. The fourth-order valence-electron chi connectivity index (χ4n) is 4.48. The van der Waals surface area contributed by atoms with Gasteiger partial charge in [0.1, 0.15) is 5.54 Å². The van der Waals surface area contributed by atoms with E-state index in [0.29, 0.717) is 11.0 Å². The van der Waals surface area contributed by atoms with Crippen LogP contribution in [0.4, 0.5) is 0 Å². The van der Waals surface area contributed by atoms with E-state index in [4.69, 9.17) is 10.8 Å². The van der Waals surface area contributed by atoms with Crippen LogP contribution in [-0.2, 0) is 4.79 Å². The molecule has 4 rings (SSSR count). The van der Waals surface area contributed by atoms with Crippen LogP contribution < -0.4 is 5.73 Å². The first-order valence-electron chi connectivity index (χ1n) is 7.09. The lowest BCUT2D eigenvalue weighted by atomic mass is 9.56. The Labute approximate surface area is 113 Å². The Morgan fingerprint density at radius 2 is 1.72 bits per heavy atom. The molecule has 0 aliphatic heterocycles. The number of thioether (sulfide) groups is 1. The Morgan fingerprint density at radius 1 is 1.22 bits per heavy atom. The molecule has 0 amide bonds. The lowest BCUT2D eigenvalue weighted by Gasteiger charge is -2.54. The highest BCUT2D eigenvalue weighted by Crippen LogP contribution is 2.57. The molecule has 4 heteroatoms. The van der Waals surface area contributed by atoms with Gasteiger partial charge in [-0.3, -0.25) is 4.79 Å². The van der Waals surface area contributed by atoms with Crippen molar-refractivity contribution in [2.45, 2.75) is 49.8 Å². The zero-order valence-corrected chi connectivity index (χ0v) is 11.8. The summed E-state index contributed by atoms with van der Waals surface area (Å²) in [4.78, 5) is 11.1. The van der Waals surface area contributed by atoms with E-state index in [1.54, 1.807) is 6.92 Å². The normalized spacial score (nSPS) is 44.9. The molecule has 3 nitrogen and oxygen atoms in total. The van der Waals surface area contributed by atoms with Gasteiger partial charge in [0.05, 0.1) is 0 Å². The summed E-state index contributed by atoms with van der Waals surface area (Å²) in [6.07, 6.45) is 7.02. The van der Waals surface area contributed by atoms with Gasteiger partial charge >= 0.3 is 5.97 Å². The number of hydrogen-bond acceptors (Lipinski definition) is 3. The SMILES string of the molecule is CC(N)(CSC1C2CC3CC(C2)CC1C3)C(=O)O. The van der Waals surface area contributed by atoms with Gasteiger partial charge in [-0.05, 0) is 62.7 Å². The van der Waals surface area contributed by atoms with Crippen LogP contribution in [0.2, 0.25) is 0 Å². The Kier molecular flexibility index (Phi) is 3.14. The third-order valence-electron chi connectivity index (χ3n) is 5.20. The molecule has 0 aromatic carbocycles. The molecule has 0 spiro atoms. The Morgan fingerprint density at radius 3 is 2.17 bits per heavy atom. The summed E-state index contributed by atoms with van der Waals surface area (Å²) in [5.41, 5.74) is 4.77. The Balaban J connectivity index is 1.62. The van der Waals surface area contributed by atoms with Crippen molar-refractivity contribution in [3.63, 3.8) is 0 Å². The number of nitrogens with two attached hydrogens (primary N) is 1. The van der Waals surface area contributed by atoms with Gasteiger partial charge in [-0.1, -0.05) is 0 Å². The molecule has 4 aliphatic carbocycles. The first-order chi connectivity index (χ1) is 8.45. The molecule has 0 radical (unpaired) electrons. The minimum Gasteiger partial charge on any atom is -0.480 e. The summed E-state index contributed by atoms with van der Waals surface area (Å²) >= 11 is 1.84. The van der Waals surface area contributed by atoms with Crippen molar-refractivity contribution in [3.05, 3.63) is 0 Å². The quantitative estimate of drug-likeness (QED) is 0.822. The summed E-state index contributed by atoms with van der Waals surface area (Å²) in [6, 6.07) is 0. The molecule has 0 aromatic rings. The van der Waals surface area contributed by atoms with Crippen LogP contribution in [0.3, 0.4) is 0 Å². The summed E-state index contributed by atoms with van der Waals surface area (Å²) in [5, 5.41) is 9.77. The van der Waals surface area contributed by atoms with Gasteiger partial charge in [0.2, 0.25) is 0 Å². The van der Waals surface area contributed by atoms with Gasteiger partial charge in [-0.2, -0.15) is 11.8 Å². The van der Waals surface area contributed by atoms with Gasteiger partial charge < -0.3 is 10.8 Å². The Bertz CT molecular complexity index is 328. The second-order valence-electron chi connectivity index (χ2n) is 6.93. The van der Waals surface area contributed by atoms with Crippen molar-refractivity contribution in [2.24, 2.45) is 29.4 Å². The number of hydrogen-bond donors (Lipinski definition) is 2. The largest absolute Gasteiger partial charge is 0.480 e. The van der Waals surface area contributed by atoms with Gasteiger partial charge in [0.25, 0.3) is 0 Å².